The van der Waals surface area contributed by atoms with Gasteiger partial charge in [-0.2, -0.15) is 0 Å². The van der Waals surface area contributed by atoms with Crippen LogP contribution in [0.1, 0.15) is 36.8 Å². The van der Waals surface area contributed by atoms with Crippen LogP contribution < -0.4 is 15.1 Å². The summed E-state index contributed by atoms with van der Waals surface area (Å²) >= 11 is 6.15. The molecule has 0 atom stereocenters. The standard InChI is InChI=1S/C20H28ClN5O/c1-5-25(6-2)20-23-14-16(21)18(24-20)19(27)22-12-13-26(7-3)17-11-9-8-10-15(17)4/h8-11,14H,5-7,12-13H2,1-4H3,(H,22,27). The summed E-state index contributed by atoms with van der Waals surface area (Å²) in [5.74, 6) is 0.237. The fourth-order valence-corrected chi connectivity index (χ4v) is 3.11. The van der Waals surface area contributed by atoms with E-state index in [1.54, 1.807) is 0 Å². The van der Waals surface area contributed by atoms with Crippen molar-refractivity contribution in [3.63, 3.8) is 0 Å². The predicted molar refractivity (Wildman–Crippen MR) is 112 cm³/mol. The first-order valence-electron chi connectivity index (χ1n) is 9.38. The van der Waals surface area contributed by atoms with Crippen LogP contribution in [0.5, 0.6) is 0 Å². The molecular formula is C20H28ClN5O. The maximum Gasteiger partial charge on any atom is 0.271 e. The van der Waals surface area contributed by atoms with Gasteiger partial charge < -0.3 is 15.1 Å². The number of hydrogen-bond acceptors (Lipinski definition) is 5. The Morgan fingerprint density at radius 3 is 2.41 bits per heavy atom. The average Bonchev–Trinajstić information content (AvgIpc) is 2.68. The van der Waals surface area contributed by atoms with Crippen LogP contribution in [-0.4, -0.2) is 48.6 Å². The highest BCUT2D eigenvalue weighted by Gasteiger charge is 2.16. The summed E-state index contributed by atoms with van der Waals surface area (Å²) < 4.78 is 0. The lowest BCUT2D eigenvalue weighted by Gasteiger charge is -2.25. The number of carbonyl (C=O) groups is 1. The number of para-hydroxylation sites is 1. The van der Waals surface area contributed by atoms with Crippen LogP contribution in [0.3, 0.4) is 0 Å². The third kappa shape index (κ3) is 5.32. The molecule has 0 fully saturated rings. The molecule has 2 aromatic rings. The molecule has 2 rings (SSSR count). The highest BCUT2D eigenvalue weighted by atomic mass is 35.5. The first-order valence-corrected chi connectivity index (χ1v) is 9.75. The van der Waals surface area contributed by atoms with E-state index >= 15 is 0 Å². The van der Waals surface area contributed by atoms with Gasteiger partial charge in [0.05, 0.1) is 11.2 Å². The molecule has 0 aliphatic rings. The smallest absolute Gasteiger partial charge is 0.271 e. The quantitative estimate of drug-likeness (QED) is 0.710. The fourth-order valence-electron chi connectivity index (χ4n) is 2.93. The normalized spacial score (nSPS) is 10.6. The maximum absolute atomic E-state index is 12.6. The van der Waals surface area contributed by atoms with Gasteiger partial charge in [-0.3, -0.25) is 4.79 Å². The largest absolute Gasteiger partial charge is 0.370 e. The molecule has 0 spiro atoms. The van der Waals surface area contributed by atoms with Gasteiger partial charge in [-0.15, -0.1) is 0 Å². The van der Waals surface area contributed by atoms with Crippen LogP contribution in [0.25, 0.3) is 0 Å². The Morgan fingerprint density at radius 1 is 1.11 bits per heavy atom. The monoisotopic (exact) mass is 389 g/mol. The second kappa shape index (κ2) is 10.1. The molecule has 0 saturated carbocycles. The van der Waals surface area contributed by atoms with E-state index in [2.05, 4.69) is 46.2 Å². The molecule has 146 valence electrons. The molecule has 0 unspecified atom stereocenters. The van der Waals surface area contributed by atoms with Crippen molar-refractivity contribution >= 4 is 29.1 Å². The minimum atomic E-state index is -0.281. The summed E-state index contributed by atoms with van der Waals surface area (Å²) in [7, 11) is 0. The molecule has 27 heavy (non-hydrogen) atoms. The molecule has 1 aromatic heterocycles. The lowest BCUT2D eigenvalue weighted by atomic mass is 10.2. The van der Waals surface area contributed by atoms with E-state index < -0.39 is 0 Å². The lowest BCUT2D eigenvalue weighted by molar-refractivity contribution is 0.0949. The minimum Gasteiger partial charge on any atom is -0.370 e. The topological polar surface area (TPSA) is 61.4 Å². The molecule has 6 nitrogen and oxygen atoms in total. The van der Waals surface area contributed by atoms with Crippen molar-refractivity contribution in [1.29, 1.82) is 0 Å². The predicted octanol–water partition coefficient (Wildman–Crippen LogP) is 3.54. The Kier molecular flexibility index (Phi) is 7.85. The second-order valence-corrected chi connectivity index (χ2v) is 6.57. The SMILES string of the molecule is CCN(CC)c1ncc(Cl)c(C(=O)NCCN(CC)c2ccccc2C)n1. The van der Waals surface area contributed by atoms with E-state index in [1.807, 2.05) is 30.9 Å². The summed E-state index contributed by atoms with van der Waals surface area (Å²) in [6.07, 6.45) is 1.49. The Bertz CT molecular complexity index is 764. The van der Waals surface area contributed by atoms with Gasteiger partial charge in [-0.1, -0.05) is 29.8 Å². The van der Waals surface area contributed by atoms with Gasteiger partial charge in [0.25, 0.3) is 5.91 Å². The van der Waals surface area contributed by atoms with Crippen molar-refractivity contribution in [2.75, 3.05) is 42.5 Å². The third-order valence-electron chi connectivity index (χ3n) is 4.50. The van der Waals surface area contributed by atoms with Crippen LogP contribution in [-0.2, 0) is 0 Å². The number of hydrogen-bond donors (Lipinski definition) is 1. The molecule has 7 heteroatoms. The number of rotatable bonds is 9. The Balaban J connectivity index is 2.03. The number of likely N-dealkylation sites (N-methyl/N-ethyl adjacent to an activating group) is 1. The number of amides is 1. The van der Waals surface area contributed by atoms with E-state index in [0.29, 0.717) is 19.0 Å². The van der Waals surface area contributed by atoms with Gasteiger partial charge in [-0.05, 0) is 39.3 Å². The summed E-state index contributed by atoms with van der Waals surface area (Å²) in [6, 6.07) is 8.24. The molecular weight excluding hydrogens is 362 g/mol. The number of benzene rings is 1. The Hall–Kier alpha value is -2.34. The molecule has 0 aliphatic heterocycles. The molecule has 1 N–H and O–H groups in total. The van der Waals surface area contributed by atoms with Crippen molar-refractivity contribution in [2.24, 2.45) is 0 Å². The number of nitrogens with one attached hydrogen (secondary N) is 1. The van der Waals surface area contributed by atoms with Crippen molar-refractivity contribution in [3.8, 4) is 0 Å². The fraction of sp³-hybridized carbons (Fsp3) is 0.450. The highest BCUT2D eigenvalue weighted by molar-refractivity contribution is 6.33. The highest BCUT2D eigenvalue weighted by Crippen LogP contribution is 2.19. The zero-order valence-electron chi connectivity index (χ0n) is 16.5. The van der Waals surface area contributed by atoms with E-state index in [-0.39, 0.29) is 16.6 Å². The van der Waals surface area contributed by atoms with Crippen LogP contribution >= 0.6 is 11.6 Å². The molecule has 1 heterocycles. The van der Waals surface area contributed by atoms with E-state index in [1.165, 1.54) is 17.4 Å². The third-order valence-corrected chi connectivity index (χ3v) is 4.77. The molecule has 0 saturated heterocycles. The summed E-state index contributed by atoms with van der Waals surface area (Å²) in [4.78, 5) is 25.4. The zero-order chi connectivity index (χ0) is 19.8. The molecule has 0 bridgehead atoms. The first kappa shape index (κ1) is 21.0. The molecule has 0 aliphatic carbocycles. The number of aryl methyl sites for hydroxylation is 1. The average molecular weight is 390 g/mol. The summed E-state index contributed by atoms with van der Waals surface area (Å²) in [5.41, 5.74) is 2.61. The summed E-state index contributed by atoms with van der Waals surface area (Å²) in [5, 5.41) is 3.18. The number of carbonyl (C=O) groups excluding carboxylic acids is 1. The number of aromatic nitrogens is 2. The van der Waals surface area contributed by atoms with Crippen LogP contribution in [0.15, 0.2) is 30.5 Å². The van der Waals surface area contributed by atoms with Gasteiger partial charge in [0.15, 0.2) is 5.69 Å². The minimum absolute atomic E-state index is 0.215. The second-order valence-electron chi connectivity index (χ2n) is 6.16. The van der Waals surface area contributed by atoms with Crippen LogP contribution in [0, 0.1) is 6.92 Å². The Labute approximate surface area is 166 Å². The van der Waals surface area contributed by atoms with Gasteiger partial charge >= 0.3 is 0 Å². The van der Waals surface area contributed by atoms with Crippen molar-refractivity contribution in [3.05, 3.63) is 46.7 Å². The van der Waals surface area contributed by atoms with Crippen LogP contribution in [0.4, 0.5) is 11.6 Å². The van der Waals surface area contributed by atoms with Gasteiger partial charge in [0.2, 0.25) is 5.95 Å². The zero-order valence-corrected chi connectivity index (χ0v) is 17.3. The lowest BCUT2D eigenvalue weighted by Crippen LogP contribution is -2.36. The molecule has 0 radical (unpaired) electrons. The van der Waals surface area contributed by atoms with E-state index in [4.69, 9.17) is 11.6 Å². The first-order chi connectivity index (χ1) is 13.0. The maximum atomic E-state index is 12.6. The van der Waals surface area contributed by atoms with Gasteiger partial charge in [0, 0.05) is 38.4 Å². The van der Waals surface area contributed by atoms with E-state index in [9.17, 15) is 4.79 Å². The number of nitrogens with zero attached hydrogens (tertiary/aromatic N) is 4. The van der Waals surface area contributed by atoms with Crippen molar-refractivity contribution in [2.45, 2.75) is 27.7 Å². The van der Waals surface area contributed by atoms with Crippen molar-refractivity contribution in [1.82, 2.24) is 15.3 Å². The van der Waals surface area contributed by atoms with E-state index in [0.717, 1.165) is 19.6 Å². The molecule has 1 amide bonds. The van der Waals surface area contributed by atoms with Gasteiger partial charge in [0.1, 0.15) is 0 Å². The number of anilines is 2. The number of halogens is 1. The molecule has 1 aromatic carbocycles. The Morgan fingerprint density at radius 2 is 1.78 bits per heavy atom. The summed E-state index contributed by atoms with van der Waals surface area (Å²) in [6.45, 7) is 11.8. The van der Waals surface area contributed by atoms with Gasteiger partial charge in [-0.25, -0.2) is 9.97 Å². The van der Waals surface area contributed by atoms with Crippen LogP contribution in [0.2, 0.25) is 5.02 Å². The van der Waals surface area contributed by atoms with Crippen molar-refractivity contribution < 1.29 is 4.79 Å².